The number of aliphatic hydroxyl groups excluding tert-OH is 1. The highest BCUT2D eigenvalue weighted by atomic mass is 35.5. The number of hydrogen-bond acceptors (Lipinski definition) is 5. The zero-order valence-corrected chi connectivity index (χ0v) is 26.6. The molecule has 6 heteroatoms. The first-order valence-corrected chi connectivity index (χ1v) is 15.3. The maximum absolute atomic E-state index is 11.9. The zero-order chi connectivity index (χ0) is 28.6. The van der Waals surface area contributed by atoms with E-state index < -0.39 is 0 Å². The van der Waals surface area contributed by atoms with Gasteiger partial charge in [-0.15, -0.1) is 0 Å². The Bertz CT molecular complexity index is 852. The van der Waals surface area contributed by atoms with Crippen molar-refractivity contribution in [3.63, 3.8) is 0 Å². The summed E-state index contributed by atoms with van der Waals surface area (Å²) in [5.41, 5.74) is 3.44. The molecule has 4 nitrogen and oxygen atoms in total. The summed E-state index contributed by atoms with van der Waals surface area (Å²) in [6.45, 7) is 18.9. The molecule has 0 bridgehead atoms. The maximum atomic E-state index is 11.9. The smallest absolute Gasteiger partial charge is 0.191 e. The second-order valence-electron chi connectivity index (χ2n) is 9.22. The summed E-state index contributed by atoms with van der Waals surface area (Å²) >= 11 is 6.97. The van der Waals surface area contributed by atoms with Gasteiger partial charge >= 0.3 is 0 Å². The van der Waals surface area contributed by atoms with Gasteiger partial charge in [0.25, 0.3) is 0 Å². The molecule has 2 aromatic rings. The maximum Gasteiger partial charge on any atom is 0.191 e. The van der Waals surface area contributed by atoms with Crippen LogP contribution < -0.4 is 0 Å². The van der Waals surface area contributed by atoms with Gasteiger partial charge in [0.2, 0.25) is 0 Å². The number of carbonyl (C=O) groups excluding carboxylic acids is 1. The van der Waals surface area contributed by atoms with Crippen molar-refractivity contribution in [3.05, 3.63) is 45.6 Å². The average molecular weight is 553 g/mol. The predicted molar refractivity (Wildman–Crippen MR) is 166 cm³/mol. The second-order valence-corrected chi connectivity index (χ2v) is 10.8. The summed E-state index contributed by atoms with van der Waals surface area (Å²) < 4.78 is 0. The number of carbonyl (C=O) groups is 1. The molecule has 0 unspecified atom stereocenters. The molecular weight excluding hydrogens is 500 g/mol. The number of ketones is 1. The summed E-state index contributed by atoms with van der Waals surface area (Å²) in [4.78, 5) is 21.9. The van der Waals surface area contributed by atoms with Crippen molar-refractivity contribution < 1.29 is 9.90 Å². The molecule has 37 heavy (non-hydrogen) atoms. The summed E-state index contributed by atoms with van der Waals surface area (Å²) in [7, 11) is 0. The van der Waals surface area contributed by atoms with Gasteiger partial charge in [-0.3, -0.25) is 4.79 Å². The minimum Gasteiger partial charge on any atom is -0.396 e. The van der Waals surface area contributed by atoms with E-state index in [0.717, 1.165) is 59.8 Å². The Morgan fingerprint density at radius 2 is 1.73 bits per heavy atom. The molecule has 0 radical (unpaired) electrons. The average Bonchev–Trinajstić information content (AvgIpc) is 3.28. The number of Topliss-reactive ketones (excluding diaryl/α,β-unsaturated/α-hetero) is 1. The minimum absolute atomic E-state index is 0.151. The number of pyridine rings is 1. The molecule has 212 valence electrons. The number of allylic oxidation sites excluding steroid dienone is 4. The van der Waals surface area contributed by atoms with Crippen molar-refractivity contribution in [2.45, 2.75) is 120 Å². The van der Waals surface area contributed by atoms with Crippen LogP contribution in [-0.4, -0.2) is 27.5 Å². The Kier molecular flexibility index (Phi) is 25.2. The van der Waals surface area contributed by atoms with E-state index in [0.29, 0.717) is 18.0 Å². The van der Waals surface area contributed by atoms with Crippen LogP contribution in [0.25, 0.3) is 10.3 Å². The zero-order valence-electron chi connectivity index (χ0n) is 25.0. The van der Waals surface area contributed by atoms with Crippen LogP contribution in [0, 0.1) is 5.92 Å². The topological polar surface area (TPSA) is 63.1 Å². The van der Waals surface area contributed by atoms with E-state index in [1.807, 2.05) is 39.8 Å². The van der Waals surface area contributed by atoms with Gasteiger partial charge < -0.3 is 5.11 Å². The Labute approximate surface area is 236 Å². The first kappa shape index (κ1) is 37.6. The van der Waals surface area contributed by atoms with Crippen LogP contribution in [-0.2, 0) is 12.8 Å². The molecule has 0 saturated heterocycles. The molecule has 1 aliphatic carbocycles. The van der Waals surface area contributed by atoms with Crippen LogP contribution >= 0.6 is 22.9 Å². The lowest BCUT2D eigenvalue weighted by Crippen LogP contribution is -2.04. The number of fused-ring (bicyclic) bond motifs is 2. The molecule has 3 rings (SSSR count). The summed E-state index contributed by atoms with van der Waals surface area (Å²) in [6.07, 6.45) is 15.1. The van der Waals surface area contributed by atoms with Crippen molar-refractivity contribution >= 4 is 39.1 Å². The molecule has 0 aromatic carbocycles. The summed E-state index contributed by atoms with van der Waals surface area (Å²) in [5, 5.41) is 9.52. The van der Waals surface area contributed by atoms with Crippen molar-refractivity contribution in [1.29, 1.82) is 0 Å². The van der Waals surface area contributed by atoms with E-state index in [-0.39, 0.29) is 5.78 Å². The Balaban J connectivity index is 0. The molecule has 2 aromatic heterocycles. The SMILES string of the molecule is CC.CC(C)C.CC/C=C\C=C(/C)Cl.CCCC(=O)c1nc2cc3c(nc2s1)CCCC3.CCCCO. The molecule has 2 heterocycles. The number of hydrogen-bond donors (Lipinski definition) is 1. The Morgan fingerprint density at radius 3 is 2.22 bits per heavy atom. The van der Waals surface area contributed by atoms with Gasteiger partial charge in [-0.25, -0.2) is 9.97 Å². The van der Waals surface area contributed by atoms with Gasteiger partial charge in [0.1, 0.15) is 10.3 Å². The number of halogens is 1. The molecular formula is C31H53ClN2O2S. The third-order valence-corrected chi connectivity index (χ3v) is 5.72. The third-order valence-electron chi connectivity index (χ3n) is 4.59. The minimum atomic E-state index is 0.151. The van der Waals surface area contributed by atoms with Gasteiger partial charge in [-0.2, -0.15) is 0 Å². The molecule has 0 spiro atoms. The number of thiazole rings is 1. The number of aryl methyl sites for hydroxylation is 2. The first-order chi connectivity index (χ1) is 17.7. The van der Waals surface area contributed by atoms with Gasteiger partial charge in [-0.05, 0) is 75.5 Å². The van der Waals surface area contributed by atoms with Gasteiger partial charge in [0.15, 0.2) is 10.8 Å². The normalized spacial score (nSPS) is 12.3. The fourth-order valence-electron chi connectivity index (χ4n) is 2.93. The van der Waals surface area contributed by atoms with E-state index in [9.17, 15) is 4.79 Å². The lowest BCUT2D eigenvalue weighted by atomic mass is 9.96. The molecule has 0 saturated carbocycles. The van der Waals surface area contributed by atoms with E-state index in [1.165, 1.54) is 35.4 Å². The van der Waals surface area contributed by atoms with Gasteiger partial charge in [0.05, 0.1) is 0 Å². The van der Waals surface area contributed by atoms with E-state index in [1.54, 1.807) is 0 Å². The largest absolute Gasteiger partial charge is 0.396 e. The van der Waals surface area contributed by atoms with Crippen molar-refractivity contribution in [3.8, 4) is 0 Å². The van der Waals surface area contributed by atoms with Crippen LogP contribution in [0.5, 0.6) is 0 Å². The van der Waals surface area contributed by atoms with Crippen LogP contribution in [0.4, 0.5) is 0 Å². The number of rotatable bonds is 7. The van der Waals surface area contributed by atoms with Crippen LogP contribution in [0.2, 0.25) is 0 Å². The highest BCUT2D eigenvalue weighted by molar-refractivity contribution is 7.19. The van der Waals surface area contributed by atoms with E-state index >= 15 is 0 Å². The summed E-state index contributed by atoms with van der Waals surface area (Å²) in [5.74, 6) is 0.985. The molecule has 0 aliphatic heterocycles. The number of aromatic nitrogens is 2. The number of unbranched alkanes of at least 4 members (excludes halogenated alkanes) is 1. The number of aliphatic hydroxyl groups is 1. The Morgan fingerprint density at radius 1 is 1.11 bits per heavy atom. The lowest BCUT2D eigenvalue weighted by molar-refractivity contribution is 0.0981. The third kappa shape index (κ3) is 19.2. The molecule has 1 aliphatic rings. The Hall–Kier alpha value is -1.56. The molecule has 0 fully saturated rings. The van der Waals surface area contributed by atoms with Crippen LogP contribution in [0.1, 0.15) is 128 Å². The van der Waals surface area contributed by atoms with E-state index in [2.05, 4.69) is 56.7 Å². The van der Waals surface area contributed by atoms with Crippen LogP contribution in [0.3, 0.4) is 0 Å². The van der Waals surface area contributed by atoms with Crippen molar-refractivity contribution in [2.75, 3.05) is 6.61 Å². The summed E-state index contributed by atoms with van der Waals surface area (Å²) in [6, 6.07) is 2.13. The van der Waals surface area contributed by atoms with Gasteiger partial charge in [-0.1, -0.05) is 96.9 Å². The fourth-order valence-corrected chi connectivity index (χ4v) is 3.91. The second kappa shape index (κ2) is 24.8. The fraction of sp³-hybridized carbons (Fsp3) is 0.645. The quantitative estimate of drug-likeness (QED) is 0.274. The van der Waals surface area contributed by atoms with Crippen molar-refractivity contribution in [1.82, 2.24) is 9.97 Å². The predicted octanol–water partition coefficient (Wildman–Crippen LogP) is 10.1. The van der Waals surface area contributed by atoms with Crippen molar-refractivity contribution in [2.24, 2.45) is 5.92 Å². The monoisotopic (exact) mass is 552 g/mol. The highest BCUT2D eigenvalue weighted by Gasteiger charge is 2.16. The molecule has 0 atom stereocenters. The lowest BCUT2D eigenvalue weighted by Gasteiger charge is -2.13. The van der Waals surface area contributed by atoms with Crippen LogP contribution in [0.15, 0.2) is 29.3 Å². The number of nitrogens with zero attached hydrogens (tertiary/aromatic N) is 2. The van der Waals surface area contributed by atoms with Gasteiger partial charge in [0, 0.05) is 23.8 Å². The van der Waals surface area contributed by atoms with E-state index in [4.69, 9.17) is 16.7 Å². The first-order valence-electron chi connectivity index (χ1n) is 14.1. The standard InChI is InChI=1S/C14H16N2OS.C7H11Cl.C4H10O.C4H10.C2H6/c1-2-5-12(17)14-16-11-8-9-6-3-4-7-10(9)15-13(11)18-14;1-3-4-5-6-7(2)8;1-2-3-4-5;1-4(2)3;1-2/h8H,2-7H2,1H3;4-6H,3H2,1-2H3;5H,2-4H2,1H3;4H,1-3H3;1-2H3/b;5-4-,7-6+;;;. The molecule has 0 amide bonds. The highest BCUT2D eigenvalue weighted by Crippen LogP contribution is 2.27. The molecule has 1 N–H and O–H groups in total.